The first-order chi connectivity index (χ1) is 7.78. The highest BCUT2D eigenvalue weighted by Gasteiger charge is 2.45. The van der Waals surface area contributed by atoms with Crippen molar-refractivity contribution in [1.82, 2.24) is 11.1 Å². The molecular formula is C14H21ClN2. The lowest BCUT2D eigenvalue weighted by molar-refractivity contribution is 0.305. The minimum atomic E-state index is 0. The molecule has 0 unspecified atom stereocenters. The summed E-state index contributed by atoms with van der Waals surface area (Å²) in [6.07, 6.45) is 5.48. The van der Waals surface area contributed by atoms with Gasteiger partial charge in [0.15, 0.2) is 0 Å². The molecule has 2 nitrogen and oxygen atoms in total. The van der Waals surface area contributed by atoms with Crippen molar-refractivity contribution in [2.45, 2.75) is 31.1 Å². The third-order valence-corrected chi connectivity index (χ3v) is 4.29. The second-order valence-corrected chi connectivity index (χ2v) is 5.71. The molecule has 94 valence electrons. The van der Waals surface area contributed by atoms with Gasteiger partial charge in [0.2, 0.25) is 0 Å². The highest BCUT2D eigenvalue weighted by molar-refractivity contribution is 6.30. The normalized spacial score (nSPS) is 22.2. The van der Waals surface area contributed by atoms with Crippen LogP contribution in [0.15, 0.2) is 24.3 Å². The van der Waals surface area contributed by atoms with Gasteiger partial charge in [0, 0.05) is 17.0 Å². The fourth-order valence-electron chi connectivity index (χ4n) is 2.86. The molecule has 1 aromatic rings. The van der Waals surface area contributed by atoms with E-state index in [4.69, 9.17) is 11.6 Å². The third kappa shape index (κ3) is 2.65. The van der Waals surface area contributed by atoms with Crippen LogP contribution in [-0.4, -0.2) is 24.5 Å². The molecule has 3 heteroatoms. The van der Waals surface area contributed by atoms with Gasteiger partial charge < -0.3 is 11.1 Å². The van der Waals surface area contributed by atoms with E-state index in [1.54, 1.807) is 0 Å². The highest BCUT2D eigenvalue weighted by Crippen LogP contribution is 2.49. The van der Waals surface area contributed by atoms with E-state index < -0.39 is 0 Å². The van der Waals surface area contributed by atoms with E-state index in [-0.39, 0.29) is 6.15 Å². The summed E-state index contributed by atoms with van der Waals surface area (Å²) >= 11 is 5.94. The molecule has 0 amide bonds. The third-order valence-electron chi connectivity index (χ3n) is 4.04. The summed E-state index contributed by atoms with van der Waals surface area (Å²) in [4.78, 5) is 2.63. The fraction of sp³-hybridized carbons (Fsp3) is 0.571. The van der Waals surface area contributed by atoms with Crippen LogP contribution in [0.3, 0.4) is 0 Å². The summed E-state index contributed by atoms with van der Waals surface area (Å²) in [5.74, 6) is 0. The fourth-order valence-corrected chi connectivity index (χ4v) is 2.99. The predicted molar refractivity (Wildman–Crippen MR) is 73.1 cm³/mol. The van der Waals surface area contributed by atoms with Crippen LogP contribution in [0.2, 0.25) is 5.02 Å². The van der Waals surface area contributed by atoms with Crippen LogP contribution in [0, 0.1) is 0 Å². The molecule has 1 saturated heterocycles. The van der Waals surface area contributed by atoms with E-state index in [9.17, 15) is 0 Å². The Morgan fingerprint density at radius 3 is 2.18 bits per heavy atom. The smallest absolute Gasteiger partial charge is 0.0406 e. The van der Waals surface area contributed by atoms with E-state index in [1.165, 1.54) is 50.9 Å². The van der Waals surface area contributed by atoms with Crippen molar-refractivity contribution in [3.63, 3.8) is 0 Å². The zero-order valence-electron chi connectivity index (χ0n) is 10.3. The van der Waals surface area contributed by atoms with Gasteiger partial charge in [-0.2, -0.15) is 0 Å². The lowest BCUT2D eigenvalue weighted by Gasteiger charge is -2.23. The molecule has 0 bridgehead atoms. The van der Waals surface area contributed by atoms with Crippen LogP contribution in [0.4, 0.5) is 0 Å². The van der Waals surface area contributed by atoms with Crippen molar-refractivity contribution < 1.29 is 0 Å². The molecule has 3 rings (SSSR count). The Morgan fingerprint density at radius 1 is 1.06 bits per heavy atom. The molecule has 0 spiro atoms. The van der Waals surface area contributed by atoms with Gasteiger partial charge in [0.05, 0.1) is 0 Å². The van der Waals surface area contributed by atoms with Crippen LogP contribution in [0.1, 0.15) is 31.2 Å². The van der Waals surface area contributed by atoms with Crippen LogP contribution in [0.5, 0.6) is 0 Å². The second kappa shape index (κ2) is 4.97. The molecule has 1 saturated carbocycles. The van der Waals surface area contributed by atoms with E-state index in [1.807, 2.05) is 12.1 Å². The van der Waals surface area contributed by atoms with Crippen LogP contribution in [0.25, 0.3) is 0 Å². The highest BCUT2D eigenvalue weighted by atomic mass is 35.5. The Morgan fingerprint density at radius 2 is 1.65 bits per heavy atom. The van der Waals surface area contributed by atoms with Gasteiger partial charge in [0.1, 0.15) is 0 Å². The molecular weight excluding hydrogens is 232 g/mol. The standard InChI is InChI=1S/C14H18ClN.H3N/c15-13-5-3-12(4-6-13)14(7-8-14)11-16-9-1-2-10-16;/h3-6H,1-2,7-11H2;1H3. The maximum Gasteiger partial charge on any atom is 0.0406 e. The van der Waals surface area contributed by atoms with Gasteiger partial charge in [-0.05, 0) is 56.5 Å². The summed E-state index contributed by atoms with van der Waals surface area (Å²) in [6.45, 7) is 3.86. The number of hydrogen-bond donors (Lipinski definition) is 1. The molecule has 1 heterocycles. The molecule has 0 radical (unpaired) electrons. The van der Waals surface area contributed by atoms with Crippen LogP contribution < -0.4 is 6.15 Å². The van der Waals surface area contributed by atoms with Crippen molar-refractivity contribution in [2.24, 2.45) is 0 Å². The summed E-state index contributed by atoms with van der Waals surface area (Å²) in [5.41, 5.74) is 1.96. The van der Waals surface area contributed by atoms with Gasteiger partial charge in [-0.3, -0.25) is 0 Å². The maximum atomic E-state index is 5.94. The van der Waals surface area contributed by atoms with Crippen molar-refractivity contribution in [2.75, 3.05) is 19.6 Å². The quantitative estimate of drug-likeness (QED) is 0.892. The Labute approximate surface area is 109 Å². The van der Waals surface area contributed by atoms with Crippen molar-refractivity contribution >= 4 is 11.6 Å². The average molecular weight is 253 g/mol. The number of halogens is 1. The first-order valence-corrected chi connectivity index (χ1v) is 6.65. The zero-order valence-corrected chi connectivity index (χ0v) is 11.0. The first-order valence-electron chi connectivity index (χ1n) is 6.27. The Kier molecular flexibility index (Phi) is 3.76. The van der Waals surface area contributed by atoms with Gasteiger partial charge in [0.25, 0.3) is 0 Å². The van der Waals surface area contributed by atoms with E-state index >= 15 is 0 Å². The number of rotatable bonds is 3. The number of hydrogen-bond acceptors (Lipinski definition) is 2. The molecule has 2 fully saturated rings. The van der Waals surface area contributed by atoms with E-state index in [0.29, 0.717) is 5.41 Å². The average Bonchev–Trinajstić information content (AvgIpc) is 2.88. The molecule has 1 aliphatic heterocycles. The number of benzene rings is 1. The van der Waals surface area contributed by atoms with Crippen LogP contribution >= 0.6 is 11.6 Å². The summed E-state index contributed by atoms with van der Waals surface area (Å²) in [5, 5.41) is 0.848. The molecule has 1 aliphatic carbocycles. The number of likely N-dealkylation sites (tertiary alicyclic amines) is 1. The molecule has 0 aromatic heterocycles. The zero-order chi connectivity index (χ0) is 11.0. The van der Waals surface area contributed by atoms with Crippen molar-refractivity contribution in [3.8, 4) is 0 Å². The van der Waals surface area contributed by atoms with E-state index in [0.717, 1.165) is 5.02 Å². The Balaban J connectivity index is 0.00000108. The monoisotopic (exact) mass is 252 g/mol. The van der Waals surface area contributed by atoms with Crippen molar-refractivity contribution in [1.29, 1.82) is 0 Å². The SMILES string of the molecule is Clc1ccc(C2(CN3CCCC3)CC2)cc1.N. The summed E-state index contributed by atoms with van der Waals surface area (Å²) in [6, 6.07) is 8.48. The summed E-state index contributed by atoms with van der Waals surface area (Å²) < 4.78 is 0. The second-order valence-electron chi connectivity index (χ2n) is 5.27. The molecule has 1 aromatic carbocycles. The topological polar surface area (TPSA) is 38.2 Å². The van der Waals surface area contributed by atoms with Crippen molar-refractivity contribution in [3.05, 3.63) is 34.9 Å². The van der Waals surface area contributed by atoms with Crippen LogP contribution in [-0.2, 0) is 5.41 Å². The van der Waals surface area contributed by atoms with Gasteiger partial charge >= 0.3 is 0 Å². The maximum absolute atomic E-state index is 5.94. The molecule has 0 atom stereocenters. The first kappa shape index (κ1) is 12.9. The van der Waals surface area contributed by atoms with Gasteiger partial charge in [-0.1, -0.05) is 23.7 Å². The van der Waals surface area contributed by atoms with E-state index in [2.05, 4.69) is 17.0 Å². The lowest BCUT2D eigenvalue weighted by atomic mass is 9.95. The lowest BCUT2D eigenvalue weighted by Crippen LogP contribution is -2.30. The largest absolute Gasteiger partial charge is 0.344 e. The molecule has 3 N–H and O–H groups in total. The predicted octanol–water partition coefficient (Wildman–Crippen LogP) is 3.63. The minimum absolute atomic E-state index is 0. The Hall–Kier alpha value is -0.570. The number of nitrogens with zero attached hydrogens (tertiary/aromatic N) is 1. The van der Waals surface area contributed by atoms with Gasteiger partial charge in [-0.25, -0.2) is 0 Å². The molecule has 2 aliphatic rings. The summed E-state index contributed by atoms with van der Waals surface area (Å²) in [7, 11) is 0. The minimum Gasteiger partial charge on any atom is -0.344 e. The Bertz CT molecular complexity index is 364. The van der Waals surface area contributed by atoms with Gasteiger partial charge in [-0.15, -0.1) is 0 Å². The molecule has 17 heavy (non-hydrogen) atoms.